The van der Waals surface area contributed by atoms with Crippen LogP contribution in [0.25, 0.3) is 66.8 Å². The summed E-state index contributed by atoms with van der Waals surface area (Å²) in [5, 5.41) is 12.2. The largest absolute Gasteiger partial charge is 0.507 e. The summed E-state index contributed by atoms with van der Waals surface area (Å²) < 4.78 is 6.58. The van der Waals surface area contributed by atoms with E-state index in [0.29, 0.717) is 17.0 Å². The summed E-state index contributed by atoms with van der Waals surface area (Å²) >= 11 is 0. The molecule has 262 valence electrons. The van der Waals surface area contributed by atoms with Crippen LogP contribution in [0.1, 0.15) is 74.9 Å². The van der Waals surface area contributed by atoms with Gasteiger partial charge in [0.2, 0.25) is 5.89 Å². The van der Waals surface area contributed by atoms with Crippen LogP contribution in [0.2, 0.25) is 0 Å². The zero-order valence-corrected chi connectivity index (χ0v) is 33.4. The van der Waals surface area contributed by atoms with Crippen molar-refractivity contribution in [2.45, 2.75) is 80.1 Å². The molecule has 0 radical (unpaired) electrons. The molecule has 2 aromatic heterocycles. The third-order valence-corrected chi connectivity index (χ3v) is 9.84. The van der Waals surface area contributed by atoms with Crippen molar-refractivity contribution in [1.29, 1.82) is 0 Å². The van der Waals surface area contributed by atoms with Crippen molar-refractivity contribution in [3.05, 3.63) is 125 Å². The molecule has 5 heteroatoms. The van der Waals surface area contributed by atoms with Gasteiger partial charge in [-0.25, -0.2) is 4.98 Å². The number of aryl methyl sites for hydroxylation is 4. The molecule has 0 atom stereocenters. The van der Waals surface area contributed by atoms with E-state index < -0.39 is 0 Å². The number of hydrogen-bond donors (Lipinski definition) is 1. The number of hydrogen-bond acceptors (Lipinski definition) is 4. The minimum Gasteiger partial charge on any atom is -0.507 e. The smallest absolute Gasteiger partial charge is 0.230 e. The fourth-order valence-corrected chi connectivity index (χ4v) is 7.12. The molecule has 0 fully saturated rings. The van der Waals surface area contributed by atoms with Gasteiger partial charge >= 0.3 is 0 Å². The molecular formula is C46H45N2O2Pt-. The molecule has 0 saturated carbocycles. The Morgan fingerprint density at radius 3 is 2.04 bits per heavy atom. The number of oxazole rings is 1. The first-order valence-electron chi connectivity index (χ1n) is 17.4. The van der Waals surface area contributed by atoms with Gasteiger partial charge in [-0.05, 0) is 94.6 Å². The number of phenolic OH excluding ortho intramolecular Hbond substituents is 1. The number of fused-ring (bicyclic) bond motifs is 2. The number of aromatic hydroxyl groups is 1. The van der Waals surface area contributed by atoms with Crippen LogP contribution < -0.4 is 0 Å². The Hall–Kier alpha value is -4.53. The van der Waals surface area contributed by atoms with Crippen LogP contribution in [0.15, 0.2) is 89.5 Å². The van der Waals surface area contributed by atoms with Crippen molar-refractivity contribution >= 4 is 22.0 Å². The first-order valence-corrected chi connectivity index (χ1v) is 17.4. The number of phenols is 1. The number of aromatic nitrogens is 2. The van der Waals surface area contributed by atoms with Crippen LogP contribution in [-0.2, 0) is 31.9 Å². The Balaban J connectivity index is 0.00000448. The number of nitrogens with zero attached hydrogens (tertiary/aromatic N) is 2. The summed E-state index contributed by atoms with van der Waals surface area (Å²) in [4.78, 5) is 9.95. The molecule has 4 nitrogen and oxygen atoms in total. The molecule has 0 bridgehead atoms. The molecule has 1 N–H and O–H groups in total. The maximum atomic E-state index is 11.0. The van der Waals surface area contributed by atoms with E-state index in [1.807, 2.05) is 24.4 Å². The average Bonchev–Trinajstić information content (AvgIpc) is 3.47. The normalized spacial score (nSPS) is 12.0. The van der Waals surface area contributed by atoms with E-state index in [4.69, 9.17) is 14.4 Å². The van der Waals surface area contributed by atoms with Gasteiger partial charge in [0.1, 0.15) is 11.3 Å². The Morgan fingerprint density at radius 1 is 0.667 bits per heavy atom. The van der Waals surface area contributed by atoms with Gasteiger partial charge in [-0.15, -0.1) is 34.9 Å². The summed E-state index contributed by atoms with van der Waals surface area (Å²) in [6.45, 7) is 21.8. The third-order valence-electron chi connectivity index (χ3n) is 9.84. The van der Waals surface area contributed by atoms with Crippen molar-refractivity contribution in [3.63, 3.8) is 0 Å². The fourth-order valence-electron chi connectivity index (χ4n) is 7.12. The molecule has 0 amide bonds. The standard InChI is InChI=1S/C46H45N2O2.Pt/c1-26-18-28(3)41(29(4)19-26)32-22-36(43-40(23-32)50-44(48-43)38-24-33(45(5,6)7)15-16-39(38)49)30-14-13-27(2)35(21-30)37-25-34(46(8,9)10)20-31-12-11-17-47-42(31)37;/h11-20,22-25,49H,1-10H3;/q-1;. The number of benzene rings is 5. The van der Waals surface area contributed by atoms with Gasteiger partial charge in [0.05, 0.1) is 11.1 Å². The number of rotatable bonds is 4. The second kappa shape index (κ2) is 13.2. The molecule has 7 rings (SSSR count). The molecule has 51 heavy (non-hydrogen) atoms. The predicted octanol–water partition coefficient (Wildman–Crippen LogP) is 12.4. The summed E-state index contributed by atoms with van der Waals surface area (Å²) in [5.74, 6) is 0.526. The fraction of sp³-hybridized carbons (Fsp3) is 0.261. The van der Waals surface area contributed by atoms with Crippen molar-refractivity contribution in [2.24, 2.45) is 0 Å². The monoisotopic (exact) mass is 852 g/mol. The van der Waals surface area contributed by atoms with E-state index >= 15 is 0 Å². The van der Waals surface area contributed by atoms with E-state index in [1.54, 1.807) is 6.07 Å². The molecule has 2 heterocycles. The van der Waals surface area contributed by atoms with E-state index in [2.05, 4.69) is 130 Å². The zero-order chi connectivity index (χ0) is 35.7. The predicted molar refractivity (Wildman–Crippen MR) is 208 cm³/mol. The molecule has 0 aliphatic heterocycles. The third kappa shape index (κ3) is 6.79. The molecule has 0 spiro atoms. The summed E-state index contributed by atoms with van der Waals surface area (Å²) in [7, 11) is 0. The van der Waals surface area contributed by atoms with Gasteiger partial charge in [0.25, 0.3) is 0 Å². The molecule has 0 unspecified atom stereocenters. The van der Waals surface area contributed by atoms with E-state index in [9.17, 15) is 5.11 Å². The van der Waals surface area contributed by atoms with E-state index in [-0.39, 0.29) is 37.6 Å². The Morgan fingerprint density at radius 2 is 1.35 bits per heavy atom. The molecular weight excluding hydrogens is 808 g/mol. The summed E-state index contributed by atoms with van der Waals surface area (Å²) in [5.41, 5.74) is 16.0. The van der Waals surface area contributed by atoms with E-state index in [0.717, 1.165) is 55.4 Å². The Kier molecular flexibility index (Phi) is 9.40. The van der Waals surface area contributed by atoms with Crippen LogP contribution in [0, 0.1) is 33.8 Å². The molecule has 0 aliphatic carbocycles. The minimum atomic E-state index is -0.107. The second-order valence-corrected chi connectivity index (χ2v) is 15.9. The van der Waals surface area contributed by atoms with Gasteiger partial charge in [-0.3, -0.25) is 4.98 Å². The molecule has 0 saturated heterocycles. The topological polar surface area (TPSA) is 59.2 Å². The Labute approximate surface area is 316 Å². The van der Waals surface area contributed by atoms with Gasteiger partial charge in [0, 0.05) is 32.8 Å². The average molecular weight is 853 g/mol. The van der Waals surface area contributed by atoms with Crippen LogP contribution in [-0.4, -0.2) is 15.1 Å². The van der Waals surface area contributed by atoms with Crippen LogP contribution >= 0.6 is 0 Å². The van der Waals surface area contributed by atoms with Gasteiger partial charge < -0.3 is 9.52 Å². The molecule has 5 aromatic carbocycles. The summed E-state index contributed by atoms with van der Waals surface area (Å²) in [6, 6.07) is 31.3. The first kappa shape index (κ1) is 36.3. The maximum absolute atomic E-state index is 11.0. The van der Waals surface area contributed by atoms with Crippen LogP contribution in [0.4, 0.5) is 0 Å². The minimum absolute atomic E-state index is 0. The van der Waals surface area contributed by atoms with Crippen LogP contribution in [0.3, 0.4) is 0 Å². The van der Waals surface area contributed by atoms with Gasteiger partial charge in [-0.2, -0.15) is 0 Å². The van der Waals surface area contributed by atoms with Gasteiger partial charge in [-0.1, -0.05) is 108 Å². The molecule has 0 aliphatic rings. The quantitative estimate of drug-likeness (QED) is 0.179. The van der Waals surface area contributed by atoms with Crippen molar-refractivity contribution in [1.82, 2.24) is 9.97 Å². The zero-order valence-electron chi connectivity index (χ0n) is 31.1. The van der Waals surface area contributed by atoms with Crippen LogP contribution in [0.5, 0.6) is 5.75 Å². The summed E-state index contributed by atoms with van der Waals surface area (Å²) in [6.07, 6.45) is 1.86. The Bertz CT molecular complexity index is 2440. The van der Waals surface area contributed by atoms with Crippen molar-refractivity contribution in [2.75, 3.05) is 0 Å². The molecule has 7 aromatic rings. The first-order chi connectivity index (χ1) is 23.6. The van der Waals surface area contributed by atoms with Gasteiger partial charge in [0.15, 0.2) is 0 Å². The second-order valence-electron chi connectivity index (χ2n) is 15.9. The van der Waals surface area contributed by atoms with E-state index in [1.165, 1.54) is 27.8 Å². The SMILES string of the molecule is Cc1cc(C)c(-c2cc(-c3[c-]c(-c4cc(C(C)(C)C)cc5cccnc45)c(C)cc3)c3nc(-c4cc(C(C)(C)C)ccc4O)oc3c2)c(C)c1.[Pt]. The maximum Gasteiger partial charge on any atom is 0.230 e. The number of pyridine rings is 1. The van der Waals surface area contributed by atoms with Crippen molar-refractivity contribution < 1.29 is 30.6 Å². The van der Waals surface area contributed by atoms with Crippen molar-refractivity contribution in [3.8, 4) is 50.6 Å².